The lowest BCUT2D eigenvalue weighted by Gasteiger charge is -2.44. The van der Waals surface area contributed by atoms with Gasteiger partial charge in [0.25, 0.3) is 5.91 Å². The predicted octanol–water partition coefficient (Wildman–Crippen LogP) is 4.69. The summed E-state index contributed by atoms with van der Waals surface area (Å²) in [5.41, 5.74) is 0.495. The molecule has 3 aliphatic rings. The van der Waals surface area contributed by atoms with Gasteiger partial charge >= 0.3 is 0 Å². The molecule has 0 radical (unpaired) electrons. The van der Waals surface area contributed by atoms with Crippen molar-refractivity contribution >= 4 is 46.8 Å². The molecule has 0 aromatic heterocycles. The lowest BCUT2D eigenvalue weighted by atomic mass is 9.98. The summed E-state index contributed by atoms with van der Waals surface area (Å²) in [6.45, 7) is 2.15. The Balaban J connectivity index is 1.44. The van der Waals surface area contributed by atoms with Gasteiger partial charge in [0.05, 0.1) is 15.5 Å². The van der Waals surface area contributed by atoms with Gasteiger partial charge in [-0.3, -0.25) is 9.59 Å². The van der Waals surface area contributed by atoms with Gasteiger partial charge in [0.15, 0.2) is 0 Å². The summed E-state index contributed by atoms with van der Waals surface area (Å²) >= 11 is 14.1. The number of nitrogens with zero attached hydrogens (tertiary/aromatic N) is 2. The maximum atomic E-state index is 13.0. The Morgan fingerprint density at radius 3 is 2.44 bits per heavy atom. The number of amides is 2. The highest BCUT2D eigenvalue weighted by Crippen LogP contribution is 2.45. The van der Waals surface area contributed by atoms with Gasteiger partial charge in [-0.25, -0.2) is 0 Å². The van der Waals surface area contributed by atoms with Crippen molar-refractivity contribution in [3.8, 4) is 0 Å². The van der Waals surface area contributed by atoms with Crippen LogP contribution in [0.5, 0.6) is 0 Å². The molecule has 2 saturated heterocycles. The summed E-state index contributed by atoms with van der Waals surface area (Å²) in [5.74, 6) is 1.50. The van der Waals surface area contributed by atoms with Gasteiger partial charge in [-0.1, -0.05) is 36.0 Å². The minimum absolute atomic E-state index is 0.0526. The lowest BCUT2D eigenvalue weighted by Crippen LogP contribution is -2.54. The minimum Gasteiger partial charge on any atom is -0.338 e. The van der Waals surface area contributed by atoms with Crippen LogP contribution >= 0.6 is 35.0 Å². The molecule has 2 amide bonds. The van der Waals surface area contributed by atoms with Crippen LogP contribution < -0.4 is 0 Å². The van der Waals surface area contributed by atoms with Gasteiger partial charge < -0.3 is 9.80 Å². The highest BCUT2D eigenvalue weighted by atomic mass is 35.5. The van der Waals surface area contributed by atoms with Gasteiger partial charge in [0, 0.05) is 36.3 Å². The molecular weight excluding hydrogens is 403 g/mol. The highest BCUT2D eigenvalue weighted by molar-refractivity contribution is 8.00. The second-order valence-corrected chi connectivity index (χ2v) is 9.98. The molecule has 27 heavy (non-hydrogen) atoms. The first-order valence-corrected chi connectivity index (χ1v) is 11.4. The summed E-state index contributed by atoms with van der Waals surface area (Å²) in [6.07, 6.45) is 6.08. The van der Waals surface area contributed by atoms with Crippen LogP contribution in [0.4, 0.5) is 0 Å². The number of piperidine rings is 1. The van der Waals surface area contributed by atoms with E-state index in [1.54, 1.807) is 18.2 Å². The van der Waals surface area contributed by atoms with Crippen LogP contribution in [0.3, 0.4) is 0 Å². The molecule has 0 atom stereocenters. The number of thioether (sulfide) groups is 1. The molecule has 1 aromatic rings. The third-order valence-corrected chi connectivity index (χ3v) is 8.24. The second-order valence-electron chi connectivity index (χ2n) is 7.68. The number of rotatable bonds is 2. The van der Waals surface area contributed by atoms with E-state index in [1.165, 1.54) is 12.8 Å². The number of hydrogen-bond acceptors (Lipinski definition) is 3. The molecule has 2 aliphatic heterocycles. The predicted molar refractivity (Wildman–Crippen MR) is 110 cm³/mol. The highest BCUT2D eigenvalue weighted by Gasteiger charge is 2.48. The van der Waals surface area contributed by atoms with Gasteiger partial charge in [-0.05, 0) is 43.9 Å². The molecule has 7 heteroatoms. The van der Waals surface area contributed by atoms with Crippen molar-refractivity contribution < 1.29 is 9.59 Å². The molecule has 146 valence electrons. The molecule has 0 bridgehead atoms. The van der Waals surface area contributed by atoms with Gasteiger partial charge in [0.1, 0.15) is 0 Å². The van der Waals surface area contributed by atoms with E-state index in [-0.39, 0.29) is 16.7 Å². The van der Waals surface area contributed by atoms with E-state index in [0.29, 0.717) is 34.6 Å². The monoisotopic (exact) mass is 426 g/mol. The van der Waals surface area contributed by atoms with E-state index in [1.807, 2.05) is 16.7 Å². The largest absolute Gasteiger partial charge is 0.338 e. The van der Waals surface area contributed by atoms with Crippen LogP contribution in [0.2, 0.25) is 10.0 Å². The smallest absolute Gasteiger partial charge is 0.255 e. The Morgan fingerprint density at radius 2 is 1.78 bits per heavy atom. The van der Waals surface area contributed by atoms with E-state index in [2.05, 4.69) is 4.90 Å². The van der Waals surface area contributed by atoms with Crippen LogP contribution in [0.1, 0.15) is 48.9 Å². The third-order valence-electron chi connectivity index (χ3n) is 6.14. The zero-order valence-corrected chi connectivity index (χ0v) is 17.6. The normalized spacial score (nSPS) is 22.6. The Morgan fingerprint density at radius 1 is 1.07 bits per heavy atom. The van der Waals surface area contributed by atoms with Crippen LogP contribution in [0.15, 0.2) is 18.2 Å². The fourth-order valence-electron chi connectivity index (χ4n) is 4.62. The van der Waals surface area contributed by atoms with Crippen LogP contribution in [0.25, 0.3) is 0 Å². The quantitative estimate of drug-likeness (QED) is 0.688. The van der Waals surface area contributed by atoms with E-state index >= 15 is 0 Å². The Labute approximate surface area is 174 Å². The fourth-order valence-corrected chi connectivity index (χ4v) is 6.57. The molecule has 2 heterocycles. The molecule has 1 saturated carbocycles. The van der Waals surface area contributed by atoms with Gasteiger partial charge in [0.2, 0.25) is 5.91 Å². The van der Waals surface area contributed by atoms with Crippen LogP contribution in [0, 0.1) is 5.92 Å². The van der Waals surface area contributed by atoms with E-state index in [0.717, 1.165) is 38.0 Å². The van der Waals surface area contributed by atoms with E-state index < -0.39 is 0 Å². The maximum Gasteiger partial charge on any atom is 0.255 e. The molecular formula is C20H24Cl2N2O2S. The summed E-state index contributed by atoms with van der Waals surface area (Å²) in [6, 6.07) is 5.00. The zero-order chi connectivity index (χ0) is 19.0. The van der Waals surface area contributed by atoms with Crippen molar-refractivity contribution in [2.75, 3.05) is 25.4 Å². The first-order chi connectivity index (χ1) is 13.0. The number of halogens is 2. The number of carbonyl (C=O) groups is 2. The van der Waals surface area contributed by atoms with Crippen molar-refractivity contribution in [2.24, 2.45) is 5.92 Å². The van der Waals surface area contributed by atoms with E-state index in [4.69, 9.17) is 23.2 Å². The van der Waals surface area contributed by atoms with Crippen LogP contribution in [-0.4, -0.2) is 51.9 Å². The standard InChI is InChI=1S/C20H24Cl2N2O2S/c21-15-5-6-16(17(22)13-15)19(26)23-9-7-20(8-10-23)24(11-12-27-20)18(25)14-3-1-2-4-14/h5-6,13-14H,1-4,7-12H2. The molecule has 0 N–H and O–H groups in total. The Hall–Kier alpha value is -0.910. The third kappa shape index (κ3) is 3.70. The van der Waals surface area contributed by atoms with Crippen molar-refractivity contribution in [3.05, 3.63) is 33.8 Å². The Kier molecular flexibility index (Phi) is 5.64. The molecule has 4 nitrogen and oxygen atoms in total. The molecule has 1 aromatic carbocycles. The lowest BCUT2D eigenvalue weighted by molar-refractivity contribution is -0.138. The first kappa shape index (κ1) is 19.4. The summed E-state index contributed by atoms with van der Waals surface area (Å²) in [4.78, 5) is 29.8. The topological polar surface area (TPSA) is 40.6 Å². The van der Waals surface area contributed by atoms with Crippen molar-refractivity contribution in [2.45, 2.75) is 43.4 Å². The number of likely N-dealkylation sites (tertiary alicyclic amines) is 1. The molecule has 1 spiro atoms. The SMILES string of the molecule is O=C(c1ccc(Cl)cc1Cl)N1CCC2(CC1)SCCN2C(=O)C1CCCC1. The molecule has 3 fully saturated rings. The van der Waals surface area contributed by atoms with Gasteiger partial charge in [-0.15, -0.1) is 11.8 Å². The molecule has 4 rings (SSSR count). The van der Waals surface area contributed by atoms with E-state index in [9.17, 15) is 9.59 Å². The minimum atomic E-state index is -0.125. The summed E-state index contributed by atoms with van der Waals surface area (Å²) in [5, 5.41) is 0.915. The maximum absolute atomic E-state index is 13.0. The number of hydrogen-bond donors (Lipinski definition) is 0. The average Bonchev–Trinajstić information content (AvgIpc) is 3.32. The van der Waals surface area contributed by atoms with Crippen LogP contribution in [-0.2, 0) is 4.79 Å². The first-order valence-electron chi connectivity index (χ1n) is 9.70. The van der Waals surface area contributed by atoms with Crippen molar-refractivity contribution in [1.82, 2.24) is 9.80 Å². The Bertz CT molecular complexity index is 743. The summed E-state index contributed by atoms with van der Waals surface area (Å²) in [7, 11) is 0. The average molecular weight is 427 g/mol. The number of benzene rings is 1. The van der Waals surface area contributed by atoms with Crippen molar-refractivity contribution in [1.29, 1.82) is 0 Å². The zero-order valence-electron chi connectivity index (χ0n) is 15.3. The van der Waals surface area contributed by atoms with Gasteiger partial charge in [-0.2, -0.15) is 0 Å². The van der Waals surface area contributed by atoms with Crippen molar-refractivity contribution in [3.63, 3.8) is 0 Å². The fraction of sp³-hybridized carbons (Fsp3) is 0.600. The molecule has 0 unspecified atom stereocenters. The summed E-state index contributed by atoms with van der Waals surface area (Å²) < 4.78 is 0. The number of carbonyl (C=O) groups excluding carboxylic acids is 2. The molecule has 1 aliphatic carbocycles. The second kappa shape index (κ2) is 7.84.